The van der Waals surface area contributed by atoms with Crippen molar-refractivity contribution in [1.82, 2.24) is 4.90 Å². The Morgan fingerprint density at radius 1 is 1.14 bits per heavy atom. The molecule has 3 nitrogen and oxygen atoms in total. The molecule has 1 aliphatic heterocycles. The first-order valence-electron chi connectivity index (χ1n) is 10.5. The zero-order valence-electron chi connectivity index (χ0n) is 16.5. The summed E-state index contributed by atoms with van der Waals surface area (Å²) in [5.74, 6) is -0.413. The van der Waals surface area contributed by atoms with E-state index < -0.39 is 11.8 Å². The monoisotopic (exact) mass is 399 g/mol. The molecule has 4 rings (SSSR count). The van der Waals surface area contributed by atoms with Gasteiger partial charge in [-0.25, -0.2) is 8.78 Å². The Hall–Kier alpha value is -2.27. The minimum Gasteiger partial charge on any atom is -0.387 e. The topological polar surface area (TPSA) is 40.5 Å². The number of rotatable bonds is 4. The quantitative estimate of drug-likeness (QED) is 0.808. The minimum atomic E-state index is -1.40. The molecular formula is C24H27F2NO2. The number of halogens is 2. The molecule has 1 fully saturated rings. The standard InChI is InChI=1S/C24H27F2NO2/c25-19-10-8-18(9-11-19)23-20-6-2-1-5-17(20)13-16-27(23)22(28)12-15-24(29)14-4-3-7-21(24)26/h1-2,5-6,8-11,21,23,29H,3-4,7,12-16H2/t21?,23-,24?/m0/s1. The predicted molar refractivity (Wildman–Crippen MR) is 108 cm³/mol. The second-order valence-corrected chi connectivity index (χ2v) is 8.31. The van der Waals surface area contributed by atoms with Crippen LogP contribution < -0.4 is 0 Å². The zero-order valence-corrected chi connectivity index (χ0v) is 16.5. The number of aliphatic hydroxyl groups is 1. The number of benzene rings is 2. The number of hydrogen-bond acceptors (Lipinski definition) is 2. The Kier molecular flexibility index (Phi) is 5.68. The molecule has 1 N–H and O–H groups in total. The highest BCUT2D eigenvalue weighted by Gasteiger charge is 2.40. The van der Waals surface area contributed by atoms with Gasteiger partial charge in [0.2, 0.25) is 5.91 Å². The van der Waals surface area contributed by atoms with Gasteiger partial charge in [-0.15, -0.1) is 0 Å². The molecule has 29 heavy (non-hydrogen) atoms. The first kappa shape index (κ1) is 20.0. The summed E-state index contributed by atoms with van der Waals surface area (Å²) in [6.07, 6.45) is 2.08. The van der Waals surface area contributed by atoms with Gasteiger partial charge >= 0.3 is 0 Å². The van der Waals surface area contributed by atoms with Crippen molar-refractivity contribution in [3.8, 4) is 0 Å². The molecule has 2 aliphatic rings. The molecule has 3 atom stereocenters. The summed E-state index contributed by atoms with van der Waals surface area (Å²) < 4.78 is 27.8. The number of carbonyl (C=O) groups excluding carboxylic acids is 1. The number of carbonyl (C=O) groups is 1. The molecule has 1 aliphatic carbocycles. The maximum atomic E-state index is 14.3. The Labute approximate surface area is 170 Å². The minimum absolute atomic E-state index is 0.0972. The van der Waals surface area contributed by atoms with Gasteiger partial charge in [-0.05, 0) is 54.5 Å². The Morgan fingerprint density at radius 2 is 1.90 bits per heavy atom. The van der Waals surface area contributed by atoms with Gasteiger partial charge in [-0.1, -0.05) is 49.2 Å². The predicted octanol–water partition coefficient (Wildman–Crippen LogP) is 4.72. The highest BCUT2D eigenvalue weighted by Crippen LogP contribution is 2.38. The maximum absolute atomic E-state index is 14.3. The molecule has 1 amide bonds. The molecule has 2 aromatic carbocycles. The molecular weight excluding hydrogens is 372 g/mol. The summed E-state index contributed by atoms with van der Waals surface area (Å²) in [5.41, 5.74) is 1.68. The van der Waals surface area contributed by atoms with Crippen molar-refractivity contribution in [3.05, 3.63) is 71.0 Å². The van der Waals surface area contributed by atoms with Crippen LogP contribution in [0.4, 0.5) is 8.78 Å². The lowest BCUT2D eigenvalue weighted by Gasteiger charge is -2.39. The summed E-state index contributed by atoms with van der Waals surface area (Å²) in [7, 11) is 0. The highest BCUT2D eigenvalue weighted by molar-refractivity contribution is 5.78. The molecule has 0 spiro atoms. The van der Waals surface area contributed by atoms with E-state index >= 15 is 0 Å². The lowest BCUT2D eigenvalue weighted by atomic mass is 9.80. The molecule has 1 heterocycles. The number of nitrogens with zero attached hydrogens (tertiary/aromatic N) is 1. The molecule has 154 valence electrons. The third kappa shape index (κ3) is 4.06. The van der Waals surface area contributed by atoms with Crippen LogP contribution in [0.5, 0.6) is 0 Å². The van der Waals surface area contributed by atoms with E-state index in [1.807, 2.05) is 18.2 Å². The van der Waals surface area contributed by atoms with Crippen LogP contribution in [0.25, 0.3) is 0 Å². The fraction of sp³-hybridized carbons (Fsp3) is 0.458. The fourth-order valence-electron chi connectivity index (χ4n) is 4.77. The Balaban J connectivity index is 1.58. The van der Waals surface area contributed by atoms with Gasteiger partial charge < -0.3 is 10.0 Å². The molecule has 2 aromatic rings. The van der Waals surface area contributed by atoms with E-state index in [9.17, 15) is 18.7 Å². The number of fused-ring (bicyclic) bond motifs is 1. The van der Waals surface area contributed by atoms with Crippen LogP contribution in [0, 0.1) is 5.82 Å². The summed E-state index contributed by atoms with van der Waals surface area (Å²) in [4.78, 5) is 15.0. The molecule has 0 bridgehead atoms. The second kappa shape index (κ2) is 8.23. The summed E-state index contributed by atoms with van der Waals surface area (Å²) >= 11 is 0. The van der Waals surface area contributed by atoms with Crippen LogP contribution in [0.3, 0.4) is 0 Å². The van der Waals surface area contributed by atoms with Crippen LogP contribution in [0.2, 0.25) is 0 Å². The normalized spacial score (nSPS) is 26.8. The maximum Gasteiger partial charge on any atom is 0.223 e. The van der Waals surface area contributed by atoms with Crippen molar-refractivity contribution in [2.75, 3.05) is 6.54 Å². The average Bonchev–Trinajstić information content (AvgIpc) is 2.74. The number of hydrogen-bond donors (Lipinski definition) is 1. The van der Waals surface area contributed by atoms with Gasteiger partial charge in [0.25, 0.3) is 0 Å². The third-order valence-electron chi connectivity index (χ3n) is 6.46. The molecule has 5 heteroatoms. The van der Waals surface area contributed by atoms with E-state index in [2.05, 4.69) is 6.07 Å². The van der Waals surface area contributed by atoms with Gasteiger partial charge in [0.1, 0.15) is 12.0 Å². The third-order valence-corrected chi connectivity index (χ3v) is 6.46. The van der Waals surface area contributed by atoms with E-state index in [1.165, 1.54) is 17.7 Å². The van der Waals surface area contributed by atoms with E-state index in [1.54, 1.807) is 17.0 Å². The van der Waals surface area contributed by atoms with Gasteiger partial charge in [0, 0.05) is 13.0 Å². The molecule has 0 radical (unpaired) electrons. The molecule has 0 aromatic heterocycles. The second-order valence-electron chi connectivity index (χ2n) is 8.31. The average molecular weight is 399 g/mol. The lowest BCUT2D eigenvalue weighted by Crippen LogP contribution is -2.45. The van der Waals surface area contributed by atoms with E-state index in [0.29, 0.717) is 19.4 Å². The van der Waals surface area contributed by atoms with Gasteiger partial charge in [-0.2, -0.15) is 0 Å². The van der Waals surface area contributed by atoms with Crippen LogP contribution >= 0.6 is 0 Å². The zero-order chi connectivity index (χ0) is 20.4. The molecule has 1 saturated carbocycles. The first-order chi connectivity index (χ1) is 14.0. The summed E-state index contributed by atoms with van der Waals surface area (Å²) in [6.45, 7) is 0.551. The smallest absolute Gasteiger partial charge is 0.223 e. The van der Waals surface area contributed by atoms with E-state index in [4.69, 9.17) is 0 Å². The van der Waals surface area contributed by atoms with E-state index in [0.717, 1.165) is 30.4 Å². The van der Waals surface area contributed by atoms with Gasteiger partial charge in [0.05, 0.1) is 11.6 Å². The number of alkyl halides is 1. The molecule has 0 saturated heterocycles. The van der Waals surface area contributed by atoms with Crippen LogP contribution in [0.15, 0.2) is 48.5 Å². The largest absolute Gasteiger partial charge is 0.387 e. The number of amides is 1. The SMILES string of the molecule is O=C(CCC1(O)CCCCC1F)N1CCc2ccccc2[C@@H]1c1ccc(F)cc1. The summed E-state index contributed by atoms with van der Waals surface area (Å²) in [6, 6.07) is 14.0. The van der Waals surface area contributed by atoms with Gasteiger partial charge in [0.15, 0.2) is 0 Å². The van der Waals surface area contributed by atoms with Crippen molar-refractivity contribution in [1.29, 1.82) is 0 Å². The van der Waals surface area contributed by atoms with Gasteiger partial charge in [-0.3, -0.25) is 4.79 Å². The van der Waals surface area contributed by atoms with Crippen LogP contribution in [0.1, 0.15) is 61.3 Å². The summed E-state index contributed by atoms with van der Waals surface area (Å²) in [5, 5.41) is 10.7. The highest BCUT2D eigenvalue weighted by atomic mass is 19.1. The first-order valence-corrected chi connectivity index (χ1v) is 10.5. The lowest BCUT2D eigenvalue weighted by molar-refractivity contribution is -0.136. The van der Waals surface area contributed by atoms with Crippen molar-refractivity contribution >= 4 is 5.91 Å². The molecule has 2 unspecified atom stereocenters. The van der Waals surface area contributed by atoms with Crippen molar-refractivity contribution in [2.45, 2.75) is 62.8 Å². The van der Waals surface area contributed by atoms with Crippen molar-refractivity contribution < 1.29 is 18.7 Å². The van der Waals surface area contributed by atoms with E-state index in [-0.39, 0.29) is 30.6 Å². The van der Waals surface area contributed by atoms with Crippen molar-refractivity contribution in [2.24, 2.45) is 0 Å². The Morgan fingerprint density at radius 3 is 2.66 bits per heavy atom. The van der Waals surface area contributed by atoms with Crippen LogP contribution in [-0.4, -0.2) is 34.2 Å². The van der Waals surface area contributed by atoms with Crippen molar-refractivity contribution in [3.63, 3.8) is 0 Å². The van der Waals surface area contributed by atoms with Crippen LogP contribution in [-0.2, 0) is 11.2 Å². The fourth-order valence-corrected chi connectivity index (χ4v) is 4.77. The Bertz CT molecular complexity index is 869.